The number of carbonyl (C=O) groups excluding carboxylic acids is 3. The molecule has 4 rings (SSSR count). The highest BCUT2D eigenvalue weighted by Crippen LogP contribution is 2.37. The molecule has 128 valence electrons. The first-order chi connectivity index (χ1) is 12.5. The van der Waals surface area contributed by atoms with E-state index in [1.165, 1.54) is 6.26 Å². The van der Waals surface area contributed by atoms with Crippen LogP contribution >= 0.6 is 0 Å². The van der Waals surface area contributed by atoms with Gasteiger partial charge in [0.1, 0.15) is 17.8 Å². The second-order valence-corrected chi connectivity index (χ2v) is 6.07. The van der Waals surface area contributed by atoms with E-state index in [2.05, 4.69) is 0 Å². The zero-order valence-electron chi connectivity index (χ0n) is 14.2. The number of furan rings is 1. The van der Waals surface area contributed by atoms with Gasteiger partial charge in [-0.15, -0.1) is 0 Å². The van der Waals surface area contributed by atoms with E-state index in [1.807, 2.05) is 6.92 Å². The van der Waals surface area contributed by atoms with Crippen molar-refractivity contribution in [1.29, 1.82) is 0 Å². The summed E-state index contributed by atoms with van der Waals surface area (Å²) in [7, 11) is 1.55. The Bertz CT molecular complexity index is 1090. The van der Waals surface area contributed by atoms with Crippen LogP contribution in [0.1, 0.15) is 42.2 Å². The molecule has 0 aliphatic heterocycles. The molecule has 0 amide bonds. The van der Waals surface area contributed by atoms with Crippen molar-refractivity contribution in [3.8, 4) is 17.1 Å². The molecule has 1 heterocycles. The molecule has 0 atom stereocenters. The van der Waals surface area contributed by atoms with E-state index in [9.17, 15) is 14.4 Å². The van der Waals surface area contributed by atoms with E-state index < -0.39 is 11.6 Å². The van der Waals surface area contributed by atoms with Gasteiger partial charge in [-0.05, 0) is 30.7 Å². The zero-order valence-corrected chi connectivity index (χ0v) is 14.2. The third-order valence-corrected chi connectivity index (χ3v) is 4.54. The molecular formula is C21H14O5. The Labute approximate surface area is 149 Å². The van der Waals surface area contributed by atoms with Gasteiger partial charge in [-0.25, -0.2) is 0 Å². The second-order valence-electron chi connectivity index (χ2n) is 6.07. The molecule has 1 aromatic heterocycles. The van der Waals surface area contributed by atoms with Crippen LogP contribution < -0.4 is 4.74 Å². The van der Waals surface area contributed by atoms with Gasteiger partial charge >= 0.3 is 0 Å². The third kappa shape index (κ3) is 2.21. The predicted octanol–water partition coefficient (Wildman–Crippen LogP) is 3.87. The topological polar surface area (TPSA) is 73.6 Å². The van der Waals surface area contributed by atoms with Crippen molar-refractivity contribution in [3.05, 3.63) is 76.5 Å². The SMILES string of the molecule is COc1ccc(C(=O)c2coc3c2C(=O)C(=O)c2ccccc2-3)cc1C. The molecule has 2 aromatic carbocycles. The van der Waals surface area contributed by atoms with Gasteiger partial charge in [0.25, 0.3) is 0 Å². The van der Waals surface area contributed by atoms with Crippen molar-refractivity contribution in [2.75, 3.05) is 7.11 Å². The normalized spacial score (nSPS) is 12.5. The van der Waals surface area contributed by atoms with Gasteiger partial charge in [-0.3, -0.25) is 14.4 Å². The number of fused-ring (bicyclic) bond motifs is 3. The van der Waals surface area contributed by atoms with Crippen LogP contribution in [-0.2, 0) is 0 Å². The molecular weight excluding hydrogens is 332 g/mol. The molecule has 0 unspecified atom stereocenters. The molecule has 5 nitrogen and oxygen atoms in total. The number of ether oxygens (including phenoxy) is 1. The number of hydrogen-bond acceptors (Lipinski definition) is 5. The number of hydrogen-bond donors (Lipinski definition) is 0. The summed E-state index contributed by atoms with van der Waals surface area (Å²) in [4.78, 5) is 37.9. The molecule has 0 radical (unpaired) electrons. The van der Waals surface area contributed by atoms with Gasteiger partial charge in [0, 0.05) is 16.7 Å². The van der Waals surface area contributed by atoms with Crippen molar-refractivity contribution in [2.24, 2.45) is 0 Å². The first kappa shape index (κ1) is 16.0. The average molecular weight is 346 g/mol. The third-order valence-electron chi connectivity index (χ3n) is 4.54. The van der Waals surface area contributed by atoms with E-state index in [-0.39, 0.29) is 22.7 Å². The van der Waals surface area contributed by atoms with E-state index in [1.54, 1.807) is 49.6 Å². The van der Waals surface area contributed by atoms with Crippen LogP contribution in [-0.4, -0.2) is 24.5 Å². The molecule has 3 aromatic rings. The smallest absolute Gasteiger partial charge is 0.238 e. The minimum Gasteiger partial charge on any atom is -0.496 e. The molecule has 5 heteroatoms. The van der Waals surface area contributed by atoms with Crippen LogP contribution in [0.25, 0.3) is 11.3 Å². The average Bonchev–Trinajstić information content (AvgIpc) is 3.10. The number of rotatable bonds is 3. The Morgan fingerprint density at radius 3 is 2.42 bits per heavy atom. The number of Topliss-reactive ketones (excluding diaryl/α,β-unsaturated/α-hetero) is 2. The van der Waals surface area contributed by atoms with Crippen LogP contribution in [0, 0.1) is 6.92 Å². The molecule has 0 bridgehead atoms. The molecule has 0 saturated carbocycles. The van der Waals surface area contributed by atoms with Crippen LogP contribution in [0.4, 0.5) is 0 Å². The molecule has 26 heavy (non-hydrogen) atoms. The lowest BCUT2D eigenvalue weighted by atomic mass is 9.85. The molecule has 0 N–H and O–H groups in total. The van der Waals surface area contributed by atoms with Crippen molar-refractivity contribution >= 4 is 17.3 Å². The summed E-state index contributed by atoms with van der Waals surface area (Å²) in [5.41, 5.74) is 2.13. The highest BCUT2D eigenvalue weighted by molar-refractivity contribution is 6.53. The molecule has 0 spiro atoms. The quantitative estimate of drug-likeness (QED) is 0.532. The fourth-order valence-corrected chi connectivity index (χ4v) is 3.24. The summed E-state index contributed by atoms with van der Waals surface area (Å²) in [6.45, 7) is 1.82. The zero-order chi connectivity index (χ0) is 18.4. The largest absolute Gasteiger partial charge is 0.496 e. The van der Waals surface area contributed by atoms with E-state index in [4.69, 9.17) is 9.15 Å². The maximum atomic E-state index is 12.9. The summed E-state index contributed by atoms with van der Waals surface area (Å²) in [6.07, 6.45) is 1.25. The van der Waals surface area contributed by atoms with E-state index in [0.29, 0.717) is 22.4 Å². The van der Waals surface area contributed by atoms with Gasteiger partial charge in [-0.2, -0.15) is 0 Å². The van der Waals surface area contributed by atoms with E-state index >= 15 is 0 Å². The van der Waals surface area contributed by atoms with Crippen LogP contribution in [0.5, 0.6) is 5.75 Å². The fraction of sp³-hybridized carbons (Fsp3) is 0.0952. The maximum Gasteiger partial charge on any atom is 0.238 e. The van der Waals surface area contributed by atoms with Crippen molar-refractivity contribution in [3.63, 3.8) is 0 Å². The standard InChI is InChI=1S/C21H14O5/c1-11-9-12(7-8-16(11)25-2)18(22)15-10-26-21-14-6-4-3-5-13(14)19(23)20(24)17(15)21/h3-10H,1-2H3. The van der Waals surface area contributed by atoms with Crippen LogP contribution in [0.3, 0.4) is 0 Å². The fourth-order valence-electron chi connectivity index (χ4n) is 3.24. The number of methoxy groups -OCH3 is 1. The first-order valence-electron chi connectivity index (χ1n) is 8.02. The van der Waals surface area contributed by atoms with Gasteiger partial charge < -0.3 is 9.15 Å². The molecule has 1 aliphatic carbocycles. The summed E-state index contributed by atoms with van der Waals surface area (Å²) >= 11 is 0. The first-order valence-corrected chi connectivity index (χ1v) is 8.02. The van der Waals surface area contributed by atoms with Crippen molar-refractivity contribution in [1.82, 2.24) is 0 Å². The summed E-state index contributed by atoms with van der Waals surface area (Å²) < 4.78 is 10.7. The van der Waals surface area contributed by atoms with Crippen molar-refractivity contribution in [2.45, 2.75) is 6.92 Å². The second kappa shape index (κ2) is 5.81. The Hall–Kier alpha value is -3.47. The number of carbonyl (C=O) groups is 3. The predicted molar refractivity (Wildman–Crippen MR) is 94.0 cm³/mol. The molecule has 1 aliphatic rings. The Kier molecular flexibility index (Phi) is 3.58. The summed E-state index contributed by atoms with van der Waals surface area (Å²) in [5, 5.41) is 0. The lowest BCUT2D eigenvalue weighted by molar-refractivity contribution is 0.0813. The lowest BCUT2D eigenvalue weighted by Crippen LogP contribution is -2.22. The van der Waals surface area contributed by atoms with Crippen LogP contribution in [0.2, 0.25) is 0 Å². The van der Waals surface area contributed by atoms with Crippen molar-refractivity contribution < 1.29 is 23.5 Å². The van der Waals surface area contributed by atoms with Gasteiger partial charge in [-0.1, -0.05) is 24.3 Å². The minimum atomic E-state index is -0.721. The summed E-state index contributed by atoms with van der Waals surface area (Å²) in [5.74, 6) is -0.800. The van der Waals surface area contributed by atoms with E-state index in [0.717, 1.165) is 5.56 Å². The van der Waals surface area contributed by atoms with Gasteiger partial charge in [0.2, 0.25) is 11.6 Å². The number of ketones is 3. The minimum absolute atomic E-state index is 0.0344. The Morgan fingerprint density at radius 2 is 1.73 bits per heavy atom. The number of benzene rings is 2. The highest BCUT2D eigenvalue weighted by atomic mass is 16.5. The monoisotopic (exact) mass is 346 g/mol. The highest BCUT2D eigenvalue weighted by Gasteiger charge is 2.37. The Balaban J connectivity index is 1.86. The Morgan fingerprint density at radius 1 is 1.00 bits per heavy atom. The van der Waals surface area contributed by atoms with Gasteiger partial charge in [0.05, 0.1) is 18.2 Å². The molecule has 0 saturated heterocycles. The summed E-state index contributed by atoms with van der Waals surface area (Å²) in [6, 6.07) is 11.7. The van der Waals surface area contributed by atoms with Gasteiger partial charge in [0.15, 0.2) is 5.78 Å². The lowest BCUT2D eigenvalue weighted by Gasteiger charge is -2.13. The molecule has 0 fully saturated rings. The maximum absolute atomic E-state index is 12.9. The number of aryl methyl sites for hydroxylation is 1. The van der Waals surface area contributed by atoms with Crippen LogP contribution in [0.15, 0.2) is 53.1 Å².